The maximum Gasteiger partial charge on any atom is 0.224 e. The third-order valence-electron chi connectivity index (χ3n) is 4.24. The first-order chi connectivity index (χ1) is 9.06. The summed E-state index contributed by atoms with van der Waals surface area (Å²) in [5.41, 5.74) is 9.19. The van der Waals surface area contributed by atoms with Gasteiger partial charge in [-0.2, -0.15) is 0 Å². The lowest BCUT2D eigenvalue weighted by Crippen LogP contribution is -2.28. The van der Waals surface area contributed by atoms with Crippen LogP contribution in [0.2, 0.25) is 0 Å². The molecular weight excluding hydrogens is 236 g/mol. The molecule has 1 aliphatic rings. The molecule has 0 bridgehead atoms. The molecule has 0 spiro atoms. The number of rotatable bonds is 3. The van der Waals surface area contributed by atoms with E-state index < -0.39 is 0 Å². The van der Waals surface area contributed by atoms with Crippen molar-refractivity contribution in [2.24, 2.45) is 11.7 Å². The Labute approximate surface area is 115 Å². The molecule has 1 saturated carbocycles. The van der Waals surface area contributed by atoms with Crippen LogP contribution >= 0.6 is 0 Å². The maximum atomic E-state index is 12.1. The summed E-state index contributed by atoms with van der Waals surface area (Å²) in [6.45, 7) is 4.11. The highest BCUT2D eigenvalue weighted by molar-refractivity contribution is 5.91. The third-order valence-corrected chi connectivity index (χ3v) is 4.24. The normalized spacial score (nSPS) is 23.1. The quantitative estimate of drug-likeness (QED) is 0.877. The lowest BCUT2D eigenvalue weighted by Gasteiger charge is -2.25. The number of hydrogen-bond donors (Lipinski definition) is 2. The smallest absolute Gasteiger partial charge is 0.224 e. The van der Waals surface area contributed by atoms with Crippen molar-refractivity contribution in [2.45, 2.75) is 52.0 Å². The molecule has 3 nitrogen and oxygen atoms in total. The van der Waals surface area contributed by atoms with Crippen LogP contribution in [0.5, 0.6) is 0 Å². The standard InChI is InChI=1S/C16H24N2O/c1-11-4-3-5-15(12(11)2)18-16(19)10-13-6-8-14(17)9-7-13/h3-5,13-14H,6-10,17H2,1-2H3,(H,18,19). The Balaban J connectivity index is 1.89. The molecule has 0 aliphatic heterocycles. The Morgan fingerprint density at radius 3 is 2.63 bits per heavy atom. The van der Waals surface area contributed by atoms with Gasteiger partial charge in [0.25, 0.3) is 0 Å². The van der Waals surface area contributed by atoms with Gasteiger partial charge < -0.3 is 11.1 Å². The monoisotopic (exact) mass is 260 g/mol. The van der Waals surface area contributed by atoms with Crippen LogP contribution < -0.4 is 11.1 Å². The Morgan fingerprint density at radius 2 is 1.95 bits per heavy atom. The highest BCUT2D eigenvalue weighted by atomic mass is 16.1. The van der Waals surface area contributed by atoms with E-state index in [1.165, 1.54) is 5.56 Å². The van der Waals surface area contributed by atoms with E-state index in [1.807, 2.05) is 19.1 Å². The predicted molar refractivity (Wildman–Crippen MR) is 79.1 cm³/mol. The van der Waals surface area contributed by atoms with E-state index in [2.05, 4.69) is 18.3 Å². The van der Waals surface area contributed by atoms with E-state index in [0.29, 0.717) is 18.4 Å². The first-order valence-electron chi connectivity index (χ1n) is 7.18. The van der Waals surface area contributed by atoms with Gasteiger partial charge in [-0.3, -0.25) is 4.79 Å². The molecule has 1 amide bonds. The number of hydrogen-bond acceptors (Lipinski definition) is 2. The molecule has 0 heterocycles. The summed E-state index contributed by atoms with van der Waals surface area (Å²) < 4.78 is 0. The largest absolute Gasteiger partial charge is 0.328 e. The van der Waals surface area contributed by atoms with Gasteiger partial charge in [-0.1, -0.05) is 12.1 Å². The van der Waals surface area contributed by atoms with Gasteiger partial charge in [0.1, 0.15) is 0 Å². The molecule has 3 heteroatoms. The third kappa shape index (κ3) is 3.80. The fourth-order valence-corrected chi connectivity index (χ4v) is 2.74. The number of amides is 1. The topological polar surface area (TPSA) is 55.1 Å². The number of carbonyl (C=O) groups is 1. The minimum absolute atomic E-state index is 0.133. The van der Waals surface area contributed by atoms with Crippen molar-refractivity contribution < 1.29 is 4.79 Å². The molecule has 1 aliphatic carbocycles. The summed E-state index contributed by atoms with van der Waals surface area (Å²) in [5.74, 6) is 0.638. The summed E-state index contributed by atoms with van der Waals surface area (Å²) >= 11 is 0. The van der Waals surface area contributed by atoms with Crippen molar-refractivity contribution >= 4 is 11.6 Å². The van der Waals surface area contributed by atoms with Crippen molar-refractivity contribution in [2.75, 3.05) is 5.32 Å². The predicted octanol–water partition coefficient (Wildman–Crippen LogP) is 3.15. The van der Waals surface area contributed by atoms with E-state index in [-0.39, 0.29) is 5.91 Å². The summed E-state index contributed by atoms with van der Waals surface area (Å²) in [5, 5.41) is 3.04. The first-order valence-corrected chi connectivity index (χ1v) is 7.18. The number of anilines is 1. The Kier molecular flexibility index (Phi) is 4.59. The van der Waals surface area contributed by atoms with Gasteiger partial charge in [-0.25, -0.2) is 0 Å². The molecule has 0 saturated heterocycles. The zero-order chi connectivity index (χ0) is 13.8. The summed E-state index contributed by atoms with van der Waals surface area (Å²) in [6.07, 6.45) is 4.91. The average Bonchev–Trinajstić information content (AvgIpc) is 2.38. The van der Waals surface area contributed by atoms with E-state index in [1.54, 1.807) is 0 Å². The lowest BCUT2D eigenvalue weighted by atomic mass is 9.84. The molecule has 0 radical (unpaired) electrons. The minimum atomic E-state index is 0.133. The molecule has 0 aromatic heterocycles. The Morgan fingerprint density at radius 1 is 1.26 bits per heavy atom. The van der Waals surface area contributed by atoms with E-state index in [0.717, 1.165) is 36.9 Å². The second-order valence-corrected chi connectivity index (χ2v) is 5.78. The second kappa shape index (κ2) is 6.20. The molecule has 3 N–H and O–H groups in total. The van der Waals surface area contributed by atoms with Crippen LogP contribution in [0.1, 0.15) is 43.2 Å². The minimum Gasteiger partial charge on any atom is -0.328 e. The van der Waals surface area contributed by atoms with Crippen molar-refractivity contribution in [1.82, 2.24) is 0 Å². The maximum absolute atomic E-state index is 12.1. The zero-order valence-corrected chi connectivity index (χ0v) is 11.9. The highest BCUT2D eigenvalue weighted by Gasteiger charge is 2.21. The van der Waals surface area contributed by atoms with Gasteiger partial charge in [-0.05, 0) is 62.6 Å². The molecule has 1 aromatic rings. The SMILES string of the molecule is Cc1cccc(NC(=O)CC2CCC(N)CC2)c1C. The summed E-state index contributed by atoms with van der Waals surface area (Å²) in [6, 6.07) is 6.36. The van der Waals surface area contributed by atoms with Crippen LogP contribution in [0.4, 0.5) is 5.69 Å². The summed E-state index contributed by atoms with van der Waals surface area (Å²) in [7, 11) is 0. The van der Waals surface area contributed by atoms with Gasteiger partial charge in [0.2, 0.25) is 5.91 Å². The van der Waals surface area contributed by atoms with Gasteiger partial charge in [-0.15, -0.1) is 0 Å². The van der Waals surface area contributed by atoms with E-state index in [4.69, 9.17) is 5.73 Å². The molecule has 104 valence electrons. The lowest BCUT2D eigenvalue weighted by molar-refractivity contribution is -0.117. The van der Waals surface area contributed by atoms with Gasteiger partial charge in [0.15, 0.2) is 0 Å². The average molecular weight is 260 g/mol. The number of nitrogens with two attached hydrogens (primary N) is 1. The Hall–Kier alpha value is -1.35. The molecular formula is C16H24N2O. The Bertz CT molecular complexity index is 448. The highest BCUT2D eigenvalue weighted by Crippen LogP contribution is 2.26. The molecule has 1 fully saturated rings. The molecule has 2 rings (SSSR count). The van der Waals surface area contributed by atoms with Crippen molar-refractivity contribution in [1.29, 1.82) is 0 Å². The zero-order valence-electron chi connectivity index (χ0n) is 11.9. The van der Waals surface area contributed by atoms with Gasteiger partial charge in [0, 0.05) is 18.2 Å². The van der Waals surface area contributed by atoms with Crippen LogP contribution in [-0.4, -0.2) is 11.9 Å². The van der Waals surface area contributed by atoms with E-state index in [9.17, 15) is 4.79 Å². The van der Waals surface area contributed by atoms with Crippen molar-refractivity contribution in [3.63, 3.8) is 0 Å². The van der Waals surface area contributed by atoms with E-state index >= 15 is 0 Å². The second-order valence-electron chi connectivity index (χ2n) is 5.78. The molecule has 0 unspecified atom stereocenters. The van der Waals surface area contributed by atoms with Gasteiger partial charge >= 0.3 is 0 Å². The van der Waals surface area contributed by atoms with Crippen LogP contribution in [-0.2, 0) is 4.79 Å². The van der Waals surface area contributed by atoms with Crippen LogP contribution in [0.3, 0.4) is 0 Å². The molecule has 19 heavy (non-hydrogen) atoms. The van der Waals surface area contributed by atoms with Gasteiger partial charge in [0.05, 0.1) is 0 Å². The van der Waals surface area contributed by atoms with Crippen molar-refractivity contribution in [3.05, 3.63) is 29.3 Å². The first kappa shape index (κ1) is 14.1. The van der Waals surface area contributed by atoms with Crippen LogP contribution in [0.25, 0.3) is 0 Å². The van der Waals surface area contributed by atoms with Crippen molar-refractivity contribution in [3.8, 4) is 0 Å². The fraction of sp³-hybridized carbons (Fsp3) is 0.562. The summed E-state index contributed by atoms with van der Waals surface area (Å²) in [4.78, 5) is 12.1. The van der Waals surface area contributed by atoms with Crippen LogP contribution in [0.15, 0.2) is 18.2 Å². The molecule has 1 aromatic carbocycles. The number of benzene rings is 1. The van der Waals surface area contributed by atoms with Crippen LogP contribution in [0, 0.1) is 19.8 Å². The number of nitrogens with one attached hydrogen (secondary N) is 1. The number of carbonyl (C=O) groups excluding carboxylic acids is 1. The fourth-order valence-electron chi connectivity index (χ4n) is 2.74. The molecule has 0 atom stereocenters. The number of aryl methyl sites for hydroxylation is 1.